The van der Waals surface area contributed by atoms with Gasteiger partial charge < -0.3 is 28.7 Å². The summed E-state index contributed by atoms with van der Waals surface area (Å²) in [7, 11) is 6.61. The van der Waals surface area contributed by atoms with Crippen molar-refractivity contribution in [3.8, 4) is 45.3 Å². The molecule has 0 N–H and O–H groups in total. The van der Waals surface area contributed by atoms with Crippen LogP contribution < -0.4 is 38.5 Å². The first-order chi connectivity index (χ1) is 48.4. The highest BCUT2D eigenvalue weighted by Crippen LogP contribution is 2.55. The Morgan fingerprint density at radius 1 is 0.270 bits per heavy atom. The van der Waals surface area contributed by atoms with E-state index < -0.39 is 23.6 Å². The molecule has 0 fully saturated rings. The van der Waals surface area contributed by atoms with Gasteiger partial charge in [-0.1, -0.05) is 128 Å². The fraction of sp³-hybridized carbons (Fsp3) is 0.182. The van der Waals surface area contributed by atoms with Crippen molar-refractivity contribution in [2.75, 3.05) is 48.0 Å². The minimum Gasteiger partial charge on any atom is -0.497 e. The molecule has 0 aromatic heterocycles. The fourth-order valence-electron chi connectivity index (χ4n) is 15.3. The minimum absolute atomic E-state index is 0.0253. The monoisotopic (exact) mass is 1320 g/mol. The van der Waals surface area contributed by atoms with Gasteiger partial charge in [-0.3, -0.25) is 19.2 Å². The molecule has 0 atom stereocenters. The van der Waals surface area contributed by atoms with Crippen LogP contribution in [0.4, 0.5) is 45.5 Å². The van der Waals surface area contributed by atoms with Crippen LogP contribution in [0.3, 0.4) is 0 Å². The summed E-state index contributed by atoms with van der Waals surface area (Å²) in [4.78, 5) is 72.0. The molecule has 0 bridgehead atoms. The Kier molecular flexibility index (Phi) is 16.2. The van der Waals surface area contributed by atoms with Crippen molar-refractivity contribution in [3.05, 3.63) is 263 Å². The van der Waals surface area contributed by atoms with Gasteiger partial charge in [0.15, 0.2) is 0 Å². The van der Waals surface area contributed by atoms with Gasteiger partial charge in [0.2, 0.25) is 0 Å². The van der Waals surface area contributed by atoms with Crippen molar-refractivity contribution in [1.29, 1.82) is 0 Å². The third-order valence-corrected chi connectivity index (χ3v) is 20.2. The summed E-state index contributed by atoms with van der Waals surface area (Å²) in [5.41, 5.74) is 14.7. The molecule has 0 aliphatic carbocycles. The topological polar surface area (TPSA) is 118 Å². The average molecular weight is 1320 g/mol. The lowest BCUT2D eigenvalue weighted by Gasteiger charge is -2.34. The molecule has 0 saturated heterocycles. The van der Waals surface area contributed by atoms with E-state index in [0.717, 1.165) is 134 Å². The van der Waals surface area contributed by atoms with E-state index in [1.54, 1.807) is 28.4 Å². The molecule has 4 amide bonds. The zero-order valence-corrected chi connectivity index (χ0v) is 58.1. The lowest BCUT2D eigenvalue weighted by atomic mass is 9.77. The Labute approximate surface area is 582 Å². The molecule has 2 heterocycles. The third kappa shape index (κ3) is 10.3. The van der Waals surface area contributed by atoms with Crippen LogP contribution in [0, 0.1) is 0 Å². The second kappa shape index (κ2) is 25.3. The summed E-state index contributed by atoms with van der Waals surface area (Å²) >= 11 is 0. The molecule has 15 rings (SSSR count). The van der Waals surface area contributed by atoms with E-state index in [1.807, 2.05) is 170 Å². The molecule has 12 nitrogen and oxygen atoms in total. The van der Waals surface area contributed by atoms with Crippen molar-refractivity contribution in [2.24, 2.45) is 0 Å². The standard InChI is InChI=1S/C88H76N4O8/c1-49(2)65-15-13-16-66(50(3)4)83(65)91-85(93)71-45-43-69-78-74(54-21-25-56(26-22-54)90(59-31-39-63(99-11)40-32-59)60-33-41-64(100-12)42-34-60)48-76-80-72(86(94)92(88(76)96)84-67(51(5)6)17-14-18-68(84)52(7)8)46-44-70(82(78)80)77-73(47-75(87(91)95)79(71)81(69)77)53-19-23-55(24-20-53)89(57-27-35-61(97-9)36-28-57)58-29-37-62(98-10)38-30-58/h13-52H,1-12H3. The molecule has 12 heteroatoms. The maximum absolute atomic E-state index is 16.4. The number of fused-ring (bicyclic) bond motifs is 2. The summed E-state index contributed by atoms with van der Waals surface area (Å²) in [6.07, 6.45) is 0. The van der Waals surface area contributed by atoms with Gasteiger partial charge in [-0.2, -0.15) is 0 Å². The SMILES string of the molecule is COc1ccc(N(c2ccc(OC)cc2)c2ccc(-c3cc4c5c(ccc6c7c(-c8ccc(N(c9ccc(OC)cc9)c9ccc(OC)cc9)cc8)cc8c9c(ccc(c3c56)c97)C(=O)N(c3c(C(C)C)cccc3C(C)C)C8=O)C(=O)N(c3c(C(C)C)cccc3C(C)C)C4=O)cc2)cc1. The normalized spacial score (nSPS) is 13.0. The van der Waals surface area contributed by atoms with Crippen LogP contribution in [0.2, 0.25) is 0 Å². The van der Waals surface area contributed by atoms with Crippen LogP contribution in [0.25, 0.3) is 65.3 Å². The van der Waals surface area contributed by atoms with Crippen LogP contribution in [-0.4, -0.2) is 52.1 Å². The molecule has 13 aromatic rings. The number of rotatable bonds is 18. The van der Waals surface area contributed by atoms with Gasteiger partial charge in [0.05, 0.1) is 39.8 Å². The summed E-state index contributed by atoms with van der Waals surface area (Å²) in [6.45, 7) is 16.7. The van der Waals surface area contributed by atoms with Crippen LogP contribution in [0.1, 0.15) is 143 Å². The largest absolute Gasteiger partial charge is 0.497 e. The Morgan fingerprint density at radius 2 is 0.520 bits per heavy atom. The van der Waals surface area contributed by atoms with Gasteiger partial charge in [-0.25, -0.2) is 9.80 Å². The van der Waals surface area contributed by atoms with E-state index in [2.05, 4.69) is 114 Å². The number of benzene rings is 13. The van der Waals surface area contributed by atoms with Gasteiger partial charge in [0.1, 0.15) is 23.0 Å². The first kappa shape index (κ1) is 64.2. The zero-order chi connectivity index (χ0) is 69.7. The van der Waals surface area contributed by atoms with E-state index in [0.29, 0.717) is 44.4 Å². The third-order valence-electron chi connectivity index (χ3n) is 20.2. The highest BCUT2D eigenvalue weighted by atomic mass is 16.5. The second-order valence-electron chi connectivity index (χ2n) is 27.2. The van der Waals surface area contributed by atoms with Crippen molar-refractivity contribution in [2.45, 2.75) is 79.1 Å². The number of para-hydroxylation sites is 2. The summed E-state index contributed by atoms with van der Waals surface area (Å²) in [5, 5.41) is 5.56. The van der Waals surface area contributed by atoms with Crippen LogP contribution in [-0.2, 0) is 0 Å². The van der Waals surface area contributed by atoms with Crippen molar-refractivity contribution < 1.29 is 38.1 Å². The molecule has 100 heavy (non-hydrogen) atoms. The number of carbonyl (C=O) groups is 4. The highest BCUT2D eigenvalue weighted by Gasteiger charge is 2.42. The zero-order valence-electron chi connectivity index (χ0n) is 58.1. The Balaban J connectivity index is 1.03. The van der Waals surface area contributed by atoms with E-state index in [1.165, 1.54) is 9.80 Å². The molecule has 0 saturated carbocycles. The summed E-state index contributed by atoms with van der Waals surface area (Å²) < 4.78 is 22.4. The number of methoxy groups -OCH3 is 4. The van der Waals surface area contributed by atoms with Crippen LogP contribution in [0.15, 0.2) is 218 Å². The van der Waals surface area contributed by atoms with Crippen LogP contribution >= 0.6 is 0 Å². The molecular weight excluding hydrogens is 1240 g/mol. The van der Waals surface area contributed by atoms with Gasteiger partial charge in [-0.05, 0) is 246 Å². The predicted molar refractivity (Wildman–Crippen MR) is 406 cm³/mol. The maximum atomic E-state index is 16.4. The van der Waals surface area contributed by atoms with E-state index in [-0.39, 0.29) is 23.7 Å². The summed E-state index contributed by atoms with van der Waals surface area (Å²) in [6, 6.07) is 72.2. The number of imide groups is 2. The van der Waals surface area contributed by atoms with E-state index in [9.17, 15) is 0 Å². The first-order valence-corrected chi connectivity index (χ1v) is 34.1. The van der Waals surface area contributed by atoms with Crippen molar-refractivity contribution in [3.63, 3.8) is 0 Å². The molecule has 0 unspecified atom stereocenters. The van der Waals surface area contributed by atoms with Gasteiger partial charge in [0.25, 0.3) is 23.6 Å². The molecule has 0 spiro atoms. The summed E-state index contributed by atoms with van der Waals surface area (Å²) in [5.74, 6) is 1.11. The highest BCUT2D eigenvalue weighted by molar-refractivity contribution is 6.48. The lowest BCUT2D eigenvalue weighted by molar-refractivity contribution is 0.0877. The number of anilines is 8. The smallest absolute Gasteiger partial charge is 0.266 e. The molecule has 496 valence electrons. The minimum atomic E-state index is -0.428. The van der Waals surface area contributed by atoms with Crippen molar-refractivity contribution in [1.82, 2.24) is 0 Å². The van der Waals surface area contributed by atoms with E-state index in [4.69, 9.17) is 18.9 Å². The second-order valence-corrected chi connectivity index (χ2v) is 27.2. The fourth-order valence-corrected chi connectivity index (χ4v) is 15.3. The quantitative estimate of drug-likeness (QED) is 0.0467. The maximum Gasteiger partial charge on any atom is 0.266 e. The van der Waals surface area contributed by atoms with Crippen LogP contribution in [0.5, 0.6) is 23.0 Å². The number of nitrogens with zero attached hydrogens (tertiary/aromatic N) is 4. The number of hydrogen-bond acceptors (Lipinski definition) is 10. The molecule has 2 aliphatic rings. The van der Waals surface area contributed by atoms with Gasteiger partial charge in [0, 0.05) is 67.2 Å². The Hall–Kier alpha value is -11.8. The number of ether oxygens (including phenoxy) is 4. The number of amides is 4. The Bertz CT molecular complexity index is 4940. The molecule has 13 aromatic carbocycles. The van der Waals surface area contributed by atoms with Gasteiger partial charge >= 0.3 is 0 Å². The lowest BCUT2D eigenvalue weighted by Crippen LogP contribution is -2.42. The average Bonchev–Trinajstić information content (AvgIpc) is 0.676. The molecule has 0 radical (unpaired) electrons. The molecule has 2 aliphatic heterocycles. The number of hydrogen-bond donors (Lipinski definition) is 0. The van der Waals surface area contributed by atoms with Gasteiger partial charge in [-0.15, -0.1) is 0 Å². The van der Waals surface area contributed by atoms with E-state index >= 15 is 19.2 Å². The first-order valence-electron chi connectivity index (χ1n) is 34.1. The predicted octanol–water partition coefficient (Wildman–Crippen LogP) is 22.1. The Morgan fingerprint density at radius 3 is 0.770 bits per heavy atom. The number of carbonyl (C=O) groups excluding carboxylic acids is 4. The molecular formula is C88H76N4O8. The van der Waals surface area contributed by atoms with Crippen molar-refractivity contribution >= 4 is 112 Å².